The van der Waals surface area contributed by atoms with Gasteiger partial charge >= 0.3 is 5.97 Å². The van der Waals surface area contributed by atoms with E-state index in [1.807, 2.05) is 0 Å². The van der Waals surface area contributed by atoms with Crippen LogP contribution < -0.4 is 4.72 Å². The van der Waals surface area contributed by atoms with Gasteiger partial charge in [-0.25, -0.2) is 17.9 Å². The second-order valence-corrected chi connectivity index (χ2v) is 5.70. The third-order valence-corrected chi connectivity index (χ3v) is 3.77. The Morgan fingerprint density at radius 3 is 2.40 bits per heavy atom. The van der Waals surface area contributed by atoms with E-state index in [1.54, 1.807) is 0 Å². The van der Waals surface area contributed by atoms with Gasteiger partial charge in [0.25, 0.3) is 0 Å². The van der Waals surface area contributed by atoms with Gasteiger partial charge in [0.1, 0.15) is 0 Å². The van der Waals surface area contributed by atoms with Crippen LogP contribution in [-0.2, 0) is 14.8 Å². The Bertz CT molecular complexity index is 578. The first-order valence-corrected chi connectivity index (χ1v) is 7.13. The van der Waals surface area contributed by atoms with Gasteiger partial charge in [-0.3, -0.25) is 0 Å². The number of aliphatic hydroxyl groups excluding tert-OH is 2. The van der Waals surface area contributed by atoms with E-state index in [9.17, 15) is 13.2 Å². The lowest BCUT2D eigenvalue weighted by Gasteiger charge is -2.09. The van der Waals surface area contributed by atoms with Crippen molar-refractivity contribution in [2.45, 2.75) is 11.0 Å². The molecule has 1 atom stereocenters. The minimum Gasteiger partial charge on any atom is -0.478 e. The lowest BCUT2D eigenvalue weighted by Crippen LogP contribution is -2.33. The highest BCUT2D eigenvalue weighted by Crippen LogP contribution is 2.11. The van der Waals surface area contributed by atoms with E-state index < -0.39 is 28.7 Å². The van der Waals surface area contributed by atoms with Crippen molar-refractivity contribution in [3.05, 3.63) is 35.9 Å². The number of benzene rings is 1. The molecular weight excluding hydrogens is 286 g/mol. The summed E-state index contributed by atoms with van der Waals surface area (Å²) in [6.07, 6.45) is 1.11. The van der Waals surface area contributed by atoms with Crippen LogP contribution >= 0.6 is 0 Å². The van der Waals surface area contributed by atoms with Gasteiger partial charge in [0, 0.05) is 12.6 Å². The molecule has 0 aromatic heterocycles. The van der Waals surface area contributed by atoms with Crippen LogP contribution in [0.3, 0.4) is 0 Å². The second kappa shape index (κ2) is 7.15. The van der Waals surface area contributed by atoms with Crippen LogP contribution in [0.15, 0.2) is 35.2 Å². The molecule has 0 bridgehead atoms. The number of carbonyl (C=O) groups is 1. The molecule has 0 aliphatic heterocycles. The molecule has 1 aromatic carbocycles. The minimum absolute atomic E-state index is 0.0184. The van der Waals surface area contributed by atoms with Crippen molar-refractivity contribution in [1.29, 1.82) is 0 Å². The fraction of sp³-hybridized carbons (Fsp3) is 0.250. The largest absolute Gasteiger partial charge is 0.478 e. The molecule has 7 nitrogen and oxygen atoms in total. The van der Waals surface area contributed by atoms with Gasteiger partial charge < -0.3 is 15.3 Å². The molecule has 0 saturated heterocycles. The number of carboxylic acid groups (broad SMARTS) is 1. The number of aliphatic carboxylic acids is 1. The average Bonchev–Trinajstić information content (AvgIpc) is 2.43. The lowest BCUT2D eigenvalue weighted by atomic mass is 10.2. The minimum atomic E-state index is -3.77. The fourth-order valence-electron chi connectivity index (χ4n) is 1.28. The Morgan fingerprint density at radius 1 is 1.30 bits per heavy atom. The fourth-order valence-corrected chi connectivity index (χ4v) is 2.35. The number of aliphatic hydroxyl groups is 2. The SMILES string of the molecule is O=C(O)C=Cc1ccc(S(=O)(=O)NCC(O)CO)cc1. The van der Waals surface area contributed by atoms with Crippen LogP contribution in [0, 0.1) is 0 Å². The van der Waals surface area contributed by atoms with E-state index in [0.717, 1.165) is 6.08 Å². The molecule has 0 amide bonds. The van der Waals surface area contributed by atoms with Crippen molar-refractivity contribution >= 4 is 22.1 Å². The normalized spacial score (nSPS) is 13.5. The Labute approximate surface area is 116 Å². The summed E-state index contributed by atoms with van der Waals surface area (Å²) in [6.45, 7) is -0.832. The summed E-state index contributed by atoms with van der Waals surface area (Å²) in [7, 11) is -3.77. The van der Waals surface area contributed by atoms with Crippen LogP contribution in [0.1, 0.15) is 5.56 Å². The first-order valence-electron chi connectivity index (χ1n) is 5.65. The molecule has 0 fully saturated rings. The molecule has 0 radical (unpaired) electrons. The Balaban J connectivity index is 2.79. The molecule has 1 unspecified atom stereocenters. The van der Waals surface area contributed by atoms with Gasteiger partial charge in [-0.1, -0.05) is 12.1 Å². The number of nitrogens with one attached hydrogen (secondary N) is 1. The van der Waals surface area contributed by atoms with Gasteiger partial charge in [0.05, 0.1) is 17.6 Å². The predicted octanol–water partition coefficient (Wildman–Crippen LogP) is -0.584. The van der Waals surface area contributed by atoms with Crippen LogP contribution in [0.25, 0.3) is 6.08 Å². The Morgan fingerprint density at radius 2 is 1.90 bits per heavy atom. The highest BCUT2D eigenvalue weighted by atomic mass is 32.2. The van der Waals surface area contributed by atoms with E-state index in [1.165, 1.54) is 30.3 Å². The summed E-state index contributed by atoms with van der Waals surface area (Å²) >= 11 is 0. The molecule has 0 heterocycles. The second-order valence-electron chi connectivity index (χ2n) is 3.93. The maximum Gasteiger partial charge on any atom is 0.328 e. The van der Waals surface area contributed by atoms with Crippen LogP contribution in [0.5, 0.6) is 0 Å². The molecule has 0 aliphatic rings. The lowest BCUT2D eigenvalue weighted by molar-refractivity contribution is -0.131. The quantitative estimate of drug-likeness (QED) is 0.499. The summed E-state index contributed by atoms with van der Waals surface area (Å²) in [5.74, 6) is -1.10. The molecule has 1 aromatic rings. The first kappa shape index (κ1) is 16.3. The summed E-state index contributed by atoms with van der Waals surface area (Å²) in [4.78, 5) is 10.3. The summed E-state index contributed by atoms with van der Waals surface area (Å²) in [5, 5.41) is 26.2. The van der Waals surface area contributed by atoms with Gasteiger partial charge in [-0.15, -0.1) is 0 Å². The van der Waals surface area contributed by atoms with Crippen molar-refractivity contribution < 1.29 is 28.5 Å². The Kier molecular flexibility index (Phi) is 5.83. The summed E-state index contributed by atoms with van der Waals surface area (Å²) < 4.78 is 25.8. The van der Waals surface area contributed by atoms with E-state index in [-0.39, 0.29) is 11.4 Å². The molecule has 1 rings (SSSR count). The molecule has 0 saturated carbocycles. The van der Waals surface area contributed by atoms with E-state index in [0.29, 0.717) is 5.56 Å². The van der Waals surface area contributed by atoms with Gasteiger partial charge in [-0.05, 0) is 23.8 Å². The molecule has 0 aliphatic carbocycles. The topological polar surface area (TPSA) is 124 Å². The molecule has 4 N–H and O–H groups in total. The summed E-state index contributed by atoms with van der Waals surface area (Å²) in [6, 6.07) is 5.54. The standard InChI is InChI=1S/C12H15NO6S/c14-8-10(15)7-13-20(18,19)11-4-1-9(2-5-11)3-6-12(16)17/h1-6,10,13-15H,7-8H2,(H,16,17). The number of rotatable bonds is 7. The smallest absolute Gasteiger partial charge is 0.328 e. The molecular formula is C12H15NO6S. The van der Waals surface area contributed by atoms with Crippen molar-refractivity contribution in [1.82, 2.24) is 4.72 Å². The molecule has 110 valence electrons. The van der Waals surface area contributed by atoms with Crippen molar-refractivity contribution in [2.24, 2.45) is 0 Å². The molecule has 20 heavy (non-hydrogen) atoms. The number of hydrogen-bond donors (Lipinski definition) is 4. The third kappa shape index (κ3) is 5.10. The zero-order chi connectivity index (χ0) is 15.2. The number of sulfonamides is 1. The third-order valence-electron chi connectivity index (χ3n) is 2.33. The zero-order valence-corrected chi connectivity index (χ0v) is 11.2. The van der Waals surface area contributed by atoms with Crippen molar-refractivity contribution in [2.75, 3.05) is 13.2 Å². The molecule has 8 heteroatoms. The first-order chi connectivity index (χ1) is 9.35. The van der Waals surface area contributed by atoms with Crippen molar-refractivity contribution in [3.63, 3.8) is 0 Å². The van der Waals surface area contributed by atoms with E-state index in [2.05, 4.69) is 4.72 Å². The summed E-state index contributed by atoms with van der Waals surface area (Å²) in [5.41, 5.74) is 0.543. The predicted molar refractivity (Wildman–Crippen MR) is 71.4 cm³/mol. The maximum absolute atomic E-state index is 11.8. The maximum atomic E-state index is 11.8. The van der Waals surface area contributed by atoms with Gasteiger partial charge in [-0.2, -0.15) is 0 Å². The van der Waals surface area contributed by atoms with Crippen LogP contribution in [-0.4, -0.2) is 49.0 Å². The van der Waals surface area contributed by atoms with Gasteiger partial charge in [0.15, 0.2) is 0 Å². The van der Waals surface area contributed by atoms with E-state index >= 15 is 0 Å². The monoisotopic (exact) mass is 301 g/mol. The van der Waals surface area contributed by atoms with Crippen LogP contribution in [0.2, 0.25) is 0 Å². The highest BCUT2D eigenvalue weighted by Gasteiger charge is 2.15. The van der Waals surface area contributed by atoms with Crippen LogP contribution in [0.4, 0.5) is 0 Å². The van der Waals surface area contributed by atoms with Gasteiger partial charge in [0.2, 0.25) is 10.0 Å². The van der Waals surface area contributed by atoms with Crippen molar-refractivity contribution in [3.8, 4) is 0 Å². The Hall–Kier alpha value is -1.74. The van der Waals surface area contributed by atoms with E-state index in [4.69, 9.17) is 15.3 Å². The number of hydrogen-bond acceptors (Lipinski definition) is 5. The molecule has 0 spiro atoms. The average molecular weight is 301 g/mol. The number of carboxylic acids is 1. The zero-order valence-electron chi connectivity index (χ0n) is 10.4. The highest BCUT2D eigenvalue weighted by molar-refractivity contribution is 7.89.